The van der Waals surface area contributed by atoms with Gasteiger partial charge in [0.2, 0.25) is 0 Å². The number of aromatic nitrogens is 2. The van der Waals surface area contributed by atoms with Crippen molar-refractivity contribution in [3.8, 4) is 0 Å². The van der Waals surface area contributed by atoms with E-state index in [2.05, 4.69) is 31.1 Å². The number of rotatable bonds is 3. The molecule has 1 aliphatic heterocycles. The van der Waals surface area contributed by atoms with Gasteiger partial charge in [-0.3, -0.25) is 0 Å². The Balaban J connectivity index is 2.09. The Morgan fingerprint density at radius 2 is 2.25 bits per heavy atom. The smallest absolute Gasteiger partial charge is 0.110 e. The molecule has 0 amide bonds. The number of aromatic amines is 1. The van der Waals surface area contributed by atoms with Gasteiger partial charge in [0.1, 0.15) is 5.82 Å². The molecule has 90 valence electrons. The van der Waals surface area contributed by atoms with Gasteiger partial charge in [0.25, 0.3) is 0 Å². The van der Waals surface area contributed by atoms with Crippen molar-refractivity contribution in [2.45, 2.75) is 46.0 Å². The first kappa shape index (κ1) is 11.6. The second-order valence-electron chi connectivity index (χ2n) is 5.33. The number of piperidine rings is 1. The molecule has 1 unspecified atom stereocenters. The van der Waals surface area contributed by atoms with Crippen LogP contribution in [0.25, 0.3) is 0 Å². The lowest BCUT2D eigenvalue weighted by Gasteiger charge is -2.20. The molecular formula is C13H23N3. The van der Waals surface area contributed by atoms with E-state index in [-0.39, 0.29) is 0 Å². The number of imidazole rings is 1. The number of nitrogens with one attached hydrogen (secondary N) is 2. The number of nitrogens with zero attached hydrogens (tertiary/aromatic N) is 1. The summed E-state index contributed by atoms with van der Waals surface area (Å²) in [4.78, 5) is 8.25. The normalized spacial score (nSPS) is 21.6. The Labute approximate surface area is 98.1 Å². The maximum absolute atomic E-state index is 4.78. The Hall–Kier alpha value is -0.830. The molecule has 1 aromatic rings. The monoisotopic (exact) mass is 221 g/mol. The molecule has 0 saturated carbocycles. The third-order valence-electron chi connectivity index (χ3n) is 3.29. The van der Waals surface area contributed by atoms with Gasteiger partial charge in [-0.05, 0) is 38.6 Å². The van der Waals surface area contributed by atoms with Gasteiger partial charge in [-0.1, -0.05) is 13.8 Å². The van der Waals surface area contributed by atoms with Crippen LogP contribution in [0.15, 0.2) is 0 Å². The zero-order valence-corrected chi connectivity index (χ0v) is 10.6. The van der Waals surface area contributed by atoms with Crippen LogP contribution >= 0.6 is 0 Å². The van der Waals surface area contributed by atoms with Crippen LogP contribution in [0.5, 0.6) is 0 Å². The third-order valence-corrected chi connectivity index (χ3v) is 3.29. The zero-order chi connectivity index (χ0) is 11.5. The van der Waals surface area contributed by atoms with Crippen LogP contribution in [0.3, 0.4) is 0 Å². The summed E-state index contributed by atoms with van der Waals surface area (Å²) < 4.78 is 0. The Bertz CT molecular complexity index is 335. The van der Waals surface area contributed by atoms with E-state index in [9.17, 15) is 0 Å². The molecule has 3 heteroatoms. The van der Waals surface area contributed by atoms with E-state index in [1.54, 1.807) is 0 Å². The Morgan fingerprint density at radius 1 is 1.44 bits per heavy atom. The van der Waals surface area contributed by atoms with E-state index >= 15 is 0 Å². The average Bonchev–Trinajstić information content (AvgIpc) is 2.61. The summed E-state index contributed by atoms with van der Waals surface area (Å²) in [6.45, 7) is 8.87. The summed E-state index contributed by atoms with van der Waals surface area (Å²) in [6.07, 6.45) is 3.62. The van der Waals surface area contributed by atoms with Crippen molar-refractivity contribution in [2.75, 3.05) is 13.1 Å². The molecule has 0 aromatic carbocycles. The van der Waals surface area contributed by atoms with Gasteiger partial charge in [0.15, 0.2) is 0 Å². The van der Waals surface area contributed by atoms with Crippen molar-refractivity contribution in [3.05, 3.63) is 17.2 Å². The lowest BCUT2D eigenvalue weighted by atomic mass is 9.99. The van der Waals surface area contributed by atoms with Gasteiger partial charge in [-0.15, -0.1) is 0 Å². The van der Waals surface area contributed by atoms with Gasteiger partial charge in [0.05, 0.1) is 5.69 Å². The zero-order valence-electron chi connectivity index (χ0n) is 10.6. The Kier molecular flexibility index (Phi) is 3.64. The fourth-order valence-corrected chi connectivity index (χ4v) is 2.39. The fourth-order valence-electron chi connectivity index (χ4n) is 2.39. The van der Waals surface area contributed by atoms with Gasteiger partial charge in [-0.25, -0.2) is 4.98 Å². The van der Waals surface area contributed by atoms with Crippen LogP contribution < -0.4 is 5.32 Å². The van der Waals surface area contributed by atoms with E-state index in [0.717, 1.165) is 19.5 Å². The minimum absolute atomic E-state index is 0.591. The molecule has 1 saturated heterocycles. The molecule has 0 aliphatic carbocycles. The predicted octanol–water partition coefficient (Wildman–Crippen LogP) is 2.38. The molecule has 0 bridgehead atoms. The maximum atomic E-state index is 4.78. The summed E-state index contributed by atoms with van der Waals surface area (Å²) in [7, 11) is 0. The van der Waals surface area contributed by atoms with Gasteiger partial charge in [0, 0.05) is 18.2 Å². The van der Waals surface area contributed by atoms with Gasteiger partial charge in [-0.2, -0.15) is 0 Å². The lowest BCUT2D eigenvalue weighted by Crippen LogP contribution is -2.28. The second kappa shape index (κ2) is 5.00. The van der Waals surface area contributed by atoms with Crippen LogP contribution in [-0.4, -0.2) is 23.1 Å². The number of H-pyrrole nitrogens is 1. The lowest BCUT2D eigenvalue weighted by molar-refractivity contribution is 0.448. The third kappa shape index (κ3) is 2.64. The van der Waals surface area contributed by atoms with Crippen molar-refractivity contribution < 1.29 is 0 Å². The van der Waals surface area contributed by atoms with E-state index in [1.807, 2.05) is 0 Å². The predicted molar refractivity (Wildman–Crippen MR) is 66.7 cm³/mol. The first-order valence-electron chi connectivity index (χ1n) is 6.43. The molecule has 3 nitrogen and oxygen atoms in total. The largest absolute Gasteiger partial charge is 0.346 e. The highest BCUT2D eigenvalue weighted by molar-refractivity contribution is 5.16. The van der Waals surface area contributed by atoms with Crippen molar-refractivity contribution in [3.63, 3.8) is 0 Å². The van der Waals surface area contributed by atoms with Crippen molar-refractivity contribution in [1.29, 1.82) is 0 Å². The van der Waals surface area contributed by atoms with Crippen LogP contribution in [0.1, 0.15) is 49.8 Å². The molecule has 0 radical (unpaired) electrons. The molecular weight excluding hydrogens is 198 g/mol. The summed E-state index contributed by atoms with van der Waals surface area (Å²) in [5.41, 5.74) is 2.52. The maximum Gasteiger partial charge on any atom is 0.110 e. The Morgan fingerprint density at radius 3 is 2.88 bits per heavy atom. The average molecular weight is 221 g/mol. The molecule has 2 rings (SSSR count). The molecule has 16 heavy (non-hydrogen) atoms. The van der Waals surface area contributed by atoms with E-state index < -0.39 is 0 Å². The highest BCUT2D eigenvalue weighted by atomic mass is 15.0. The number of hydrogen-bond donors (Lipinski definition) is 2. The fraction of sp³-hybridized carbons (Fsp3) is 0.769. The molecule has 1 aromatic heterocycles. The highest BCUT2D eigenvalue weighted by Crippen LogP contribution is 2.22. The standard InChI is InChI=1S/C13H23N3/c1-9(2)7-12-10(3)15-13(16-12)11-5-4-6-14-8-11/h9,11,14H,4-8H2,1-3H3,(H,15,16). The van der Waals surface area contributed by atoms with E-state index in [4.69, 9.17) is 4.98 Å². The van der Waals surface area contributed by atoms with E-state index in [0.29, 0.717) is 11.8 Å². The summed E-state index contributed by atoms with van der Waals surface area (Å²) in [5, 5.41) is 3.44. The van der Waals surface area contributed by atoms with Crippen molar-refractivity contribution in [2.24, 2.45) is 5.92 Å². The molecule has 2 heterocycles. The summed E-state index contributed by atoms with van der Waals surface area (Å²) >= 11 is 0. The van der Waals surface area contributed by atoms with Crippen molar-refractivity contribution >= 4 is 0 Å². The topological polar surface area (TPSA) is 40.7 Å². The minimum atomic E-state index is 0.591. The molecule has 2 N–H and O–H groups in total. The first-order valence-corrected chi connectivity index (χ1v) is 6.43. The highest BCUT2D eigenvalue weighted by Gasteiger charge is 2.19. The van der Waals surface area contributed by atoms with Gasteiger partial charge >= 0.3 is 0 Å². The van der Waals surface area contributed by atoms with Crippen LogP contribution in [-0.2, 0) is 6.42 Å². The first-order chi connectivity index (χ1) is 7.66. The minimum Gasteiger partial charge on any atom is -0.346 e. The SMILES string of the molecule is Cc1[nH]c(C2CCCNC2)nc1CC(C)C. The second-order valence-corrected chi connectivity index (χ2v) is 5.33. The molecule has 1 aliphatic rings. The van der Waals surface area contributed by atoms with Crippen molar-refractivity contribution in [1.82, 2.24) is 15.3 Å². The summed E-state index contributed by atoms with van der Waals surface area (Å²) in [6, 6.07) is 0. The molecule has 1 fully saturated rings. The van der Waals surface area contributed by atoms with Crippen LogP contribution in [0.2, 0.25) is 0 Å². The molecule has 0 spiro atoms. The quantitative estimate of drug-likeness (QED) is 0.822. The van der Waals surface area contributed by atoms with Crippen LogP contribution in [0.4, 0.5) is 0 Å². The number of hydrogen-bond acceptors (Lipinski definition) is 2. The summed E-state index contributed by atoms with van der Waals surface area (Å²) in [5.74, 6) is 2.47. The van der Waals surface area contributed by atoms with E-state index in [1.165, 1.54) is 30.1 Å². The van der Waals surface area contributed by atoms with Gasteiger partial charge < -0.3 is 10.3 Å². The number of aryl methyl sites for hydroxylation is 1. The molecule has 1 atom stereocenters. The van der Waals surface area contributed by atoms with Crippen LogP contribution in [0, 0.1) is 12.8 Å².